The van der Waals surface area contributed by atoms with Crippen LogP contribution in [0.15, 0.2) is 24.3 Å². The van der Waals surface area contributed by atoms with Crippen molar-refractivity contribution in [2.24, 2.45) is 5.41 Å². The zero-order valence-corrected chi connectivity index (χ0v) is 18.8. The molecule has 3 heterocycles. The monoisotopic (exact) mass is 444 g/mol. The van der Waals surface area contributed by atoms with E-state index < -0.39 is 5.41 Å². The first-order chi connectivity index (χ1) is 15.4. The largest absolute Gasteiger partial charge is 0.342 e. The van der Waals surface area contributed by atoms with Crippen LogP contribution in [-0.2, 0) is 16.0 Å². The molecule has 0 saturated carbocycles. The van der Waals surface area contributed by atoms with E-state index in [1.807, 2.05) is 9.80 Å². The molecule has 3 fully saturated rings. The number of nitrogens with zero attached hydrogens (tertiary/aromatic N) is 3. The standard InChI is InChI=1S/C24H33FN4O3/c1-18(30)29-17-11-24(22(31)27-13-2-3-14-27)10-16-28(15-9-21(24)29)23(32)26-12-8-19-4-6-20(25)7-5-19/h4-7,21H,2-3,8-17H2,1H3,(H,26,32)/t21-,24+/m0/s1. The number of benzene rings is 1. The Balaban J connectivity index is 1.41. The molecule has 8 heteroatoms. The van der Waals surface area contributed by atoms with E-state index in [1.165, 1.54) is 12.1 Å². The first kappa shape index (κ1) is 22.6. The lowest BCUT2D eigenvalue weighted by Gasteiger charge is -2.37. The van der Waals surface area contributed by atoms with Crippen LogP contribution >= 0.6 is 0 Å². The average molecular weight is 445 g/mol. The molecule has 1 aromatic rings. The zero-order chi connectivity index (χ0) is 22.7. The van der Waals surface area contributed by atoms with Gasteiger partial charge in [0.25, 0.3) is 0 Å². The van der Waals surface area contributed by atoms with Crippen LogP contribution in [-0.4, -0.2) is 77.9 Å². The summed E-state index contributed by atoms with van der Waals surface area (Å²) in [6.07, 6.45) is 4.56. The molecule has 0 aromatic heterocycles. The Bertz CT molecular complexity index is 855. The smallest absolute Gasteiger partial charge is 0.317 e. The Morgan fingerprint density at radius 2 is 1.69 bits per heavy atom. The third-order valence-corrected chi connectivity index (χ3v) is 7.43. The second kappa shape index (κ2) is 9.46. The summed E-state index contributed by atoms with van der Waals surface area (Å²) in [5.74, 6) is -0.101. The van der Waals surface area contributed by atoms with Crippen LogP contribution in [0.2, 0.25) is 0 Å². The van der Waals surface area contributed by atoms with Gasteiger partial charge < -0.3 is 20.0 Å². The summed E-state index contributed by atoms with van der Waals surface area (Å²) < 4.78 is 13.1. The van der Waals surface area contributed by atoms with Crippen LogP contribution in [0, 0.1) is 11.2 Å². The Kier molecular flexibility index (Phi) is 6.67. The van der Waals surface area contributed by atoms with Crippen LogP contribution < -0.4 is 5.32 Å². The summed E-state index contributed by atoms with van der Waals surface area (Å²) in [6, 6.07) is 5.98. The molecule has 32 heavy (non-hydrogen) atoms. The van der Waals surface area contributed by atoms with Crippen molar-refractivity contribution in [3.8, 4) is 0 Å². The Labute approximate surface area is 188 Å². The van der Waals surface area contributed by atoms with Gasteiger partial charge in [0.1, 0.15) is 5.82 Å². The molecule has 0 radical (unpaired) electrons. The molecule has 1 aromatic carbocycles. The molecule has 174 valence electrons. The summed E-state index contributed by atoms with van der Waals surface area (Å²) in [5, 5.41) is 2.96. The number of urea groups is 1. The molecule has 0 bridgehead atoms. The lowest BCUT2D eigenvalue weighted by atomic mass is 9.75. The first-order valence-electron chi connectivity index (χ1n) is 11.7. The van der Waals surface area contributed by atoms with Crippen LogP contribution in [0.4, 0.5) is 9.18 Å². The number of rotatable bonds is 4. The van der Waals surface area contributed by atoms with Gasteiger partial charge in [0.15, 0.2) is 0 Å². The van der Waals surface area contributed by atoms with Crippen LogP contribution in [0.3, 0.4) is 0 Å². The van der Waals surface area contributed by atoms with Gasteiger partial charge in [-0.1, -0.05) is 12.1 Å². The maximum atomic E-state index is 13.6. The summed E-state index contributed by atoms with van der Waals surface area (Å²) in [5.41, 5.74) is 0.378. The van der Waals surface area contributed by atoms with Gasteiger partial charge in [-0.25, -0.2) is 9.18 Å². The molecule has 0 spiro atoms. The molecule has 4 amide bonds. The maximum absolute atomic E-state index is 13.6. The van der Waals surface area contributed by atoms with Crippen LogP contribution in [0.1, 0.15) is 44.6 Å². The van der Waals surface area contributed by atoms with E-state index in [0.717, 1.165) is 31.5 Å². The fourth-order valence-corrected chi connectivity index (χ4v) is 5.64. The fourth-order valence-electron chi connectivity index (χ4n) is 5.64. The number of carbonyl (C=O) groups excluding carboxylic acids is 3. The highest BCUT2D eigenvalue weighted by atomic mass is 19.1. The number of carbonyl (C=O) groups is 3. The molecule has 7 nitrogen and oxygen atoms in total. The minimum absolute atomic E-state index is 0.00305. The molecule has 2 atom stereocenters. The average Bonchev–Trinajstić information content (AvgIpc) is 3.40. The van der Waals surface area contributed by atoms with Crippen LogP contribution in [0.25, 0.3) is 0 Å². The second-order valence-electron chi connectivity index (χ2n) is 9.27. The maximum Gasteiger partial charge on any atom is 0.317 e. The van der Waals surface area contributed by atoms with Crippen molar-refractivity contribution in [2.75, 3.05) is 39.3 Å². The van der Waals surface area contributed by atoms with Crippen molar-refractivity contribution in [2.45, 2.75) is 51.5 Å². The van der Waals surface area contributed by atoms with E-state index >= 15 is 0 Å². The van der Waals surface area contributed by atoms with Gasteiger partial charge in [-0.3, -0.25) is 9.59 Å². The molecule has 0 unspecified atom stereocenters. The summed E-state index contributed by atoms with van der Waals surface area (Å²) in [7, 11) is 0. The van der Waals surface area contributed by atoms with Crippen molar-refractivity contribution in [1.29, 1.82) is 0 Å². The molecule has 1 N–H and O–H groups in total. The number of likely N-dealkylation sites (tertiary alicyclic amines) is 3. The number of halogens is 1. The lowest BCUT2D eigenvalue weighted by Crippen LogP contribution is -2.51. The van der Waals surface area contributed by atoms with Crippen molar-refractivity contribution < 1.29 is 18.8 Å². The summed E-state index contributed by atoms with van der Waals surface area (Å²) in [4.78, 5) is 44.3. The number of nitrogens with one attached hydrogen (secondary N) is 1. The minimum atomic E-state index is -0.584. The SMILES string of the molecule is CC(=O)N1CC[C@]2(C(=O)N3CCCC3)CCN(C(=O)NCCc3ccc(F)cc3)CC[C@H]12. The zero-order valence-electron chi connectivity index (χ0n) is 18.8. The highest BCUT2D eigenvalue weighted by molar-refractivity contribution is 5.86. The molecular formula is C24H33FN4O3. The van der Waals surface area contributed by atoms with E-state index in [1.54, 1.807) is 24.0 Å². The predicted octanol–water partition coefficient (Wildman–Crippen LogP) is 2.40. The van der Waals surface area contributed by atoms with Crippen molar-refractivity contribution in [3.63, 3.8) is 0 Å². The lowest BCUT2D eigenvalue weighted by molar-refractivity contribution is -0.144. The van der Waals surface area contributed by atoms with E-state index in [4.69, 9.17) is 0 Å². The fraction of sp³-hybridized carbons (Fsp3) is 0.625. The van der Waals surface area contributed by atoms with E-state index in [0.29, 0.717) is 51.9 Å². The van der Waals surface area contributed by atoms with E-state index in [-0.39, 0.29) is 29.7 Å². The Hall–Kier alpha value is -2.64. The predicted molar refractivity (Wildman–Crippen MR) is 118 cm³/mol. The van der Waals surface area contributed by atoms with Gasteiger partial charge in [-0.15, -0.1) is 0 Å². The van der Waals surface area contributed by atoms with Crippen molar-refractivity contribution in [3.05, 3.63) is 35.6 Å². The highest BCUT2D eigenvalue weighted by Crippen LogP contribution is 2.45. The summed E-state index contributed by atoms with van der Waals surface area (Å²) >= 11 is 0. The highest BCUT2D eigenvalue weighted by Gasteiger charge is 2.55. The third-order valence-electron chi connectivity index (χ3n) is 7.43. The quantitative estimate of drug-likeness (QED) is 0.775. The number of hydrogen-bond acceptors (Lipinski definition) is 3. The Morgan fingerprint density at radius 3 is 2.38 bits per heavy atom. The van der Waals surface area contributed by atoms with E-state index in [9.17, 15) is 18.8 Å². The topological polar surface area (TPSA) is 73.0 Å². The Morgan fingerprint density at radius 1 is 1.00 bits per heavy atom. The molecule has 0 aliphatic carbocycles. The van der Waals surface area contributed by atoms with E-state index in [2.05, 4.69) is 5.32 Å². The first-order valence-corrected chi connectivity index (χ1v) is 11.7. The summed E-state index contributed by atoms with van der Waals surface area (Å²) in [6.45, 7) is 5.25. The van der Waals surface area contributed by atoms with Crippen molar-refractivity contribution >= 4 is 17.8 Å². The second-order valence-corrected chi connectivity index (χ2v) is 9.27. The number of amides is 4. The molecular weight excluding hydrogens is 411 g/mol. The molecule has 3 saturated heterocycles. The van der Waals surface area contributed by atoms with Gasteiger partial charge in [-0.2, -0.15) is 0 Å². The minimum Gasteiger partial charge on any atom is -0.342 e. The third kappa shape index (κ3) is 4.45. The molecule has 3 aliphatic heterocycles. The number of hydrogen-bond donors (Lipinski definition) is 1. The van der Waals surface area contributed by atoms with Crippen LogP contribution in [0.5, 0.6) is 0 Å². The van der Waals surface area contributed by atoms with Gasteiger partial charge in [0, 0.05) is 52.2 Å². The number of fused-ring (bicyclic) bond motifs is 1. The van der Waals surface area contributed by atoms with Gasteiger partial charge in [0.2, 0.25) is 11.8 Å². The molecule has 4 rings (SSSR count). The van der Waals surface area contributed by atoms with Gasteiger partial charge in [0.05, 0.1) is 5.41 Å². The van der Waals surface area contributed by atoms with Gasteiger partial charge >= 0.3 is 6.03 Å². The van der Waals surface area contributed by atoms with Gasteiger partial charge in [-0.05, 0) is 56.2 Å². The van der Waals surface area contributed by atoms with Crippen molar-refractivity contribution in [1.82, 2.24) is 20.0 Å². The normalized spacial score (nSPS) is 25.4. The molecule has 3 aliphatic rings.